The van der Waals surface area contributed by atoms with Gasteiger partial charge in [-0.15, -0.1) is 0 Å². The van der Waals surface area contributed by atoms with Crippen LogP contribution in [0, 0.1) is 11.7 Å². The standard InChI is InChI=1S/C19H26FN3O3/c1-12(24)22-16(11-14-9-5-6-10-15(14)20)19(26)23-17(18(21)25)13-7-3-2-4-8-13/h5-6,9-10,13,16-17H,2-4,7-8,11H2,1H3,(H2,21,25)(H,22,24)(H,23,26)/t16-,17+/m0/s1. The molecule has 3 amide bonds. The molecule has 26 heavy (non-hydrogen) atoms. The third-order valence-corrected chi connectivity index (χ3v) is 4.80. The van der Waals surface area contributed by atoms with Gasteiger partial charge in [0.1, 0.15) is 17.9 Å². The van der Waals surface area contributed by atoms with Crippen LogP contribution in [0.25, 0.3) is 0 Å². The fourth-order valence-corrected chi connectivity index (χ4v) is 3.48. The second-order valence-corrected chi connectivity index (χ2v) is 6.84. The molecule has 4 N–H and O–H groups in total. The molecule has 0 spiro atoms. The first-order valence-corrected chi connectivity index (χ1v) is 8.98. The number of hydrogen-bond donors (Lipinski definition) is 3. The predicted molar refractivity (Wildman–Crippen MR) is 95.4 cm³/mol. The number of rotatable bonds is 7. The third kappa shape index (κ3) is 5.54. The van der Waals surface area contributed by atoms with Gasteiger partial charge in [0.2, 0.25) is 17.7 Å². The number of carbonyl (C=O) groups excluding carboxylic acids is 3. The lowest BCUT2D eigenvalue weighted by atomic mass is 9.83. The van der Waals surface area contributed by atoms with E-state index in [1.807, 2.05) is 0 Å². The Hall–Kier alpha value is -2.44. The lowest BCUT2D eigenvalue weighted by Gasteiger charge is -2.30. The zero-order chi connectivity index (χ0) is 19.1. The van der Waals surface area contributed by atoms with Crippen LogP contribution in [0.3, 0.4) is 0 Å². The van der Waals surface area contributed by atoms with Crippen LogP contribution in [0.5, 0.6) is 0 Å². The maximum absolute atomic E-state index is 13.9. The molecule has 1 saturated carbocycles. The van der Waals surface area contributed by atoms with Crippen molar-refractivity contribution in [3.05, 3.63) is 35.6 Å². The van der Waals surface area contributed by atoms with Gasteiger partial charge in [-0.3, -0.25) is 14.4 Å². The van der Waals surface area contributed by atoms with E-state index in [0.717, 1.165) is 32.1 Å². The number of hydrogen-bond acceptors (Lipinski definition) is 3. The molecule has 0 aliphatic heterocycles. The Bertz CT molecular complexity index is 659. The smallest absolute Gasteiger partial charge is 0.243 e. The third-order valence-electron chi connectivity index (χ3n) is 4.80. The van der Waals surface area contributed by atoms with Gasteiger partial charge in [0.05, 0.1) is 0 Å². The van der Waals surface area contributed by atoms with Crippen molar-refractivity contribution in [3.63, 3.8) is 0 Å². The summed E-state index contributed by atoms with van der Waals surface area (Å²) in [7, 11) is 0. The summed E-state index contributed by atoms with van der Waals surface area (Å²) in [6.45, 7) is 1.29. The van der Waals surface area contributed by atoms with Crippen LogP contribution < -0.4 is 16.4 Å². The molecule has 0 saturated heterocycles. The van der Waals surface area contributed by atoms with Crippen molar-refractivity contribution >= 4 is 17.7 Å². The van der Waals surface area contributed by atoms with E-state index < -0.39 is 35.6 Å². The molecule has 2 atom stereocenters. The minimum absolute atomic E-state index is 0.00311. The number of nitrogens with two attached hydrogens (primary N) is 1. The van der Waals surface area contributed by atoms with E-state index in [4.69, 9.17) is 5.73 Å². The van der Waals surface area contributed by atoms with E-state index in [1.54, 1.807) is 18.2 Å². The summed E-state index contributed by atoms with van der Waals surface area (Å²) in [5.74, 6) is -1.98. The molecule has 1 aliphatic carbocycles. The molecule has 1 aliphatic rings. The van der Waals surface area contributed by atoms with Crippen molar-refractivity contribution in [2.45, 2.75) is 57.5 Å². The van der Waals surface area contributed by atoms with Crippen molar-refractivity contribution in [2.24, 2.45) is 11.7 Å². The van der Waals surface area contributed by atoms with Crippen molar-refractivity contribution in [2.75, 3.05) is 0 Å². The predicted octanol–water partition coefficient (Wildman–Crippen LogP) is 1.42. The molecule has 0 heterocycles. The van der Waals surface area contributed by atoms with Crippen LogP contribution >= 0.6 is 0 Å². The van der Waals surface area contributed by atoms with Crippen molar-refractivity contribution in [1.29, 1.82) is 0 Å². The first-order valence-electron chi connectivity index (χ1n) is 8.98. The lowest BCUT2D eigenvalue weighted by molar-refractivity contribution is -0.131. The summed E-state index contributed by atoms with van der Waals surface area (Å²) in [6, 6.07) is 4.32. The molecular formula is C19H26FN3O3. The molecule has 0 unspecified atom stereocenters. The minimum Gasteiger partial charge on any atom is -0.368 e. The number of halogens is 1. The summed E-state index contributed by atoms with van der Waals surface area (Å²) in [6.07, 6.45) is 4.74. The molecule has 6 nitrogen and oxygen atoms in total. The molecule has 0 bridgehead atoms. The van der Waals surface area contributed by atoms with Gasteiger partial charge >= 0.3 is 0 Å². The average Bonchev–Trinajstić information content (AvgIpc) is 2.60. The molecule has 0 aromatic heterocycles. The maximum atomic E-state index is 13.9. The number of amides is 3. The Labute approximate surface area is 152 Å². The molecule has 2 rings (SSSR count). The molecule has 1 aromatic rings. The van der Waals surface area contributed by atoms with Gasteiger partial charge in [-0.2, -0.15) is 0 Å². The Morgan fingerprint density at radius 1 is 1.15 bits per heavy atom. The zero-order valence-corrected chi connectivity index (χ0v) is 15.0. The maximum Gasteiger partial charge on any atom is 0.243 e. The summed E-state index contributed by atoms with van der Waals surface area (Å²) >= 11 is 0. The fraction of sp³-hybridized carbons (Fsp3) is 0.526. The van der Waals surface area contributed by atoms with Gasteiger partial charge in [-0.1, -0.05) is 37.5 Å². The van der Waals surface area contributed by atoms with E-state index in [9.17, 15) is 18.8 Å². The van der Waals surface area contributed by atoms with E-state index in [0.29, 0.717) is 5.56 Å². The van der Waals surface area contributed by atoms with Crippen molar-refractivity contribution in [3.8, 4) is 0 Å². The first-order chi connectivity index (χ1) is 12.4. The SMILES string of the molecule is CC(=O)N[C@@H](Cc1ccccc1F)C(=O)N[C@@H](C(N)=O)C1CCCCC1. The Morgan fingerprint density at radius 2 is 1.81 bits per heavy atom. The topological polar surface area (TPSA) is 101 Å². The van der Waals surface area contributed by atoms with E-state index in [-0.39, 0.29) is 12.3 Å². The highest BCUT2D eigenvalue weighted by Crippen LogP contribution is 2.26. The van der Waals surface area contributed by atoms with Gasteiger partial charge < -0.3 is 16.4 Å². The average molecular weight is 363 g/mol. The van der Waals surface area contributed by atoms with Crippen LogP contribution in [0.4, 0.5) is 4.39 Å². The fourth-order valence-electron chi connectivity index (χ4n) is 3.48. The highest BCUT2D eigenvalue weighted by Gasteiger charge is 2.32. The number of benzene rings is 1. The van der Waals surface area contributed by atoms with Crippen molar-refractivity contribution in [1.82, 2.24) is 10.6 Å². The normalized spacial score (nSPS) is 17.2. The number of nitrogens with one attached hydrogen (secondary N) is 2. The summed E-state index contributed by atoms with van der Waals surface area (Å²) < 4.78 is 13.9. The van der Waals surface area contributed by atoms with E-state index in [1.165, 1.54) is 13.0 Å². The van der Waals surface area contributed by atoms with Gasteiger partial charge in [-0.05, 0) is 30.4 Å². The van der Waals surface area contributed by atoms with Gasteiger partial charge in [0.25, 0.3) is 0 Å². The van der Waals surface area contributed by atoms with Crippen molar-refractivity contribution < 1.29 is 18.8 Å². The van der Waals surface area contributed by atoms with Crippen LogP contribution in [-0.2, 0) is 20.8 Å². The highest BCUT2D eigenvalue weighted by atomic mass is 19.1. The van der Waals surface area contributed by atoms with Crippen LogP contribution in [-0.4, -0.2) is 29.8 Å². The highest BCUT2D eigenvalue weighted by molar-refractivity contribution is 5.91. The monoisotopic (exact) mass is 363 g/mol. The van der Waals surface area contributed by atoms with Gasteiger partial charge in [0, 0.05) is 13.3 Å². The summed E-state index contributed by atoms with van der Waals surface area (Å²) in [4.78, 5) is 36.0. The lowest BCUT2D eigenvalue weighted by Crippen LogP contribution is -2.56. The minimum atomic E-state index is -0.977. The summed E-state index contributed by atoms with van der Waals surface area (Å²) in [5.41, 5.74) is 5.81. The molecule has 7 heteroatoms. The van der Waals surface area contributed by atoms with E-state index in [2.05, 4.69) is 10.6 Å². The largest absolute Gasteiger partial charge is 0.368 e. The molecule has 1 aromatic carbocycles. The second kappa shape index (κ2) is 9.31. The molecule has 142 valence electrons. The van der Waals surface area contributed by atoms with Crippen LogP contribution in [0.2, 0.25) is 0 Å². The first kappa shape index (κ1) is 19.9. The van der Waals surface area contributed by atoms with Crippen LogP contribution in [0.1, 0.15) is 44.6 Å². The number of carbonyl (C=O) groups is 3. The zero-order valence-electron chi connectivity index (χ0n) is 15.0. The number of primary amides is 1. The van der Waals surface area contributed by atoms with Crippen LogP contribution in [0.15, 0.2) is 24.3 Å². The Morgan fingerprint density at radius 3 is 2.38 bits per heavy atom. The second-order valence-electron chi connectivity index (χ2n) is 6.84. The summed E-state index contributed by atoms with van der Waals surface area (Å²) in [5, 5.41) is 5.21. The molecule has 0 radical (unpaired) electrons. The van der Waals surface area contributed by atoms with Gasteiger partial charge in [0.15, 0.2) is 0 Å². The van der Waals surface area contributed by atoms with Gasteiger partial charge in [-0.25, -0.2) is 4.39 Å². The Balaban J connectivity index is 2.12. The van der Waals surface area contributed by atoms with E-state index >= 15 is 0 Å². The quantitative estimate of drug-likeness (QED) is 0.683. The Kier molecular flexibility index (Phi) is 7.12. The molecular weight excluding hydrogens is 337 g/mol. The molecule has 1 fully saturated rings.